The highest BCUT2D eigenvalue weighted by Crippen LogP contribution is 2.22. The number of methoxy groups -OCH3 is 1. The van der Waals surface area contributed by atoms with Gasteiger partial charge in [-0.3, -0.25) is 5.10 Å². The fourth-order valence-electron chi connectivity index (χ4n) is 1.30. The molecule has 1 aromatic heterocycles. The van der Waals surface area contributed by atoms with Gasteiger partial charge in [-0.05, 0) is 6.42 Å². The second-order valence-electron chi connectivity index (χ2n) is 3.38. The first-order chi connectivity index (χ1) is 6.96. The molecule has 0 saturated carbocycles. The van der Waals surface area contributed by atoms with Gasteiger partial charge < -0.3 is 4.74 Å². The van der Waals surface area contributed by atoms with Crippen molar-refractivity contribution in [3.8, 4) is 0 Å². The molecule has 0 amide bonds. The van der Waals surface area contributed by atoms with Gasteiger partial charge in [-0.2, -0.15) is 5.10 Å². The van der Waals surface area contributed by atoms with E-state index in [1.807, 2.05) is 6.92 Å². The first-order valence-corrected chi connectivity index (χ1v) is 6.06. The van der Waals surface area contributed by atoms with Crippen molar-refractivity contribution in [3.63, 3.8) is 0 Å². The largest absolute Gasteiger partial charge is 0.385 e. The molecule has 1 unspecified atom stereocenters. The van der Waals surface area contributed by atoms with E-state index < -0.39 is 10.0 Å². The van der Waals surface area contributed by atoms with Crippen molar-refractivity contribution in [1.29, 1.82) is 0 Å². The molecule has 0 aromatic carbocycles. The first kappa shape index (κ1) is 12.2. The van der Waals surface area contributed by atoms with Crippen LogP contribution in [-0.4, -0.2) is 32.3 Å². The van der Waals surface area contributed by atoms with Crippen molar-refractivity contribution < 1.29 is 13.2 Å². The highest BCUT2D eigenvalue weighted by Gasteiger charge is 2.20. The van der Waals surface area contributed by atoms with E-state index in [9.17, 15) is 8.42 Å². The number of ether oxygens (including phenoxy) is 1. The molecule has 0 bridgehead atoms. The minimum Gasteiger partial charge on any atom is -0.385 e. The molecule has 0 spiro atoms. The number of aromatic amines is 1. The summed E-state index contributed by atoms with van der Waals surface area (Å²) in [7, 11) is -2.10. The summed E-state index contributed by atoms with van der Waals surface area (Å²) < 4.78 is 27.3. The van der Waals surface area contributed by atoms with Crippen LogP contribution in [0, 0.1) is 0 Å². The summed E-state index contributed by atoms with van der Waals surface area (Å²) in [6.07, 6.45) is 1.94. The summed E-state index contributed by atoms with van der Waals surface area (Å²) in [5.41, 5.74) is 0.537. The summed E-state index contributed by atoms with van der Waals surface area (Å²) >= 11 is 0. The van der Waals surface area contributed by atoms with Crippen LogP contribution in [0.5, 0.6) is 0 Å². The van der Waals surface area contributed by atoms with Gasteiger partial charge in [-0.25, -0.2) is 13.6 Å². The Bertz CT molecular complexity index is 413. The van der Waals surface area contributed by atoms with Gasteiger partial charge in [0.15, 0.2) is 0 Å². The number of sulfonamides is 1. The number of primary sulfonamides is 1. The van der Waals surface area contributed by atoms with Gasteiger partial charge in [-0.15, -0.1) is 0 Å². The van der Waals surface area contributed by atoms with E-state index in [4.69, 9.17) is 9.88 Å². The molecule has 1 rings (SSSR count). The van der Waals surface area contributed by atoms with Crippen molar-refractivity contribution in [1.82, 2.24) is 10.2 Å². The molecule has 7 heteroatoms. The second kappa shape index (κ2) is 4.73. The van der Waals surface area contributed by atoms with Crippen molar-refractivity contribution in [2.75, 3.05) is 13.7 Å². The number of hydrogen-bond acceptors (Lipinski definition) is 4. The lowest BCUT2D eigenvalue weighted by Crippen LogP contribution is -2.14. The van der Waals surface area contributed by atoms with Gasteiger partial charge in [0.25, 0.3) is 0 Å². The molecule has 1 atom stereocenters. The Hall–Kier alpha value is -0.920. The molecule has 1 heterocycles. The number of nitrogens with two attached hydrogens (primary N) is 1. The highest BCUT2D eigenvalue weighted by atomic mass is 32.2. The molecule has 0 fully saturated rings. The van der Waals surface area contributed by atoms with Crippen LogP contribution in [0.1, 0.15) is 25.0 Å². The maximum absolute atomic E-state index is 11.2. The van der Waals surface area contributed by atoms with E-state index in [-0.39, 0.29) is 10.8 Å². The maximum atomic E-state index is 11.2. The average molecular weight is 233 g/mol. The Morgan fingerprint density at radius 1 is 1.67 bits per heavy atom. The lowest BCUT2D eigenvalue weighted by Gasteiger charge is -2.09. The zero-order valence-electron chi connectivity index (χ0n) is 8.73. The molecule has 86 valence electrons. The minimum absolute atomic E-state index is 0.0146. The fourth-order valence-corrected chi connectivity index (χ4v) is 2.06. The van der Waals surface area contributed by atoms with E-state index in [0.717, 1.165) is 0 Å². The van der Waals surface area contributed by atoms with Gasteiger partial charge in [0.1, 0.15) is 4.90 Å². The van der Waals surface area contributed by atoms with Gasteiger partial charge >= 0.3 is 0 Å². The molecule has 15 heavy (non-hydrogen) atoms. The molecule has 0 saturated heterocycles. The molecule has 6 nitrogen and oxygen atoms in total. The summed E-state index contributed by atoms with van der Waals surface area (Å²) in [6.45, 7) is 2.45. The van der Waals surface area contributed by atoms with Crippen LogP contribution in [0.25, 0.3) is 0 Å². The Morgan fingerprint density at radius 2 is 2.33 bits per heavy atom. The van der Waals surface area contributed by atoms with Crippen molar-refractivity contribution >= 4 is 10.0 Å². The number of hydrogen-bond donors (Lipinski definition) is 2. The summed E-state index contributed by atoms with van der Waals surface area (Å²) in [5, 5.41) is 11.4. The summed E-state index contributed by atoms with van der Waals surface area (Å²) in [5.74, 6) is 0.0146. The number of aromatic nitrogens is 2. The average Bonchev–Trinajstić information content (AvgIpc) is 2.61. The summed E-state index contributed by atoms with van der Waals surface area (Å²) in [4.78, 5) is 0.0612. The smallest absolute Gasteiger partial charge is 0.241 e. The quantitative estimate of drug-likeness (QED) is 0.758. The summed E-state index contributed by atoms with van der Waals surface area (Å²) in [6, 6.07) is 0. The molecular weight excluding hydrogens is 218 g/mol. The van der Waals surface area contributed by atoms with Crippen molar-refractivity contribution in [3.05, 3.63) is 11.9 Å². The Morgan fingerprint density at radius 3 is 2.87 bits per heavy atom. The molecule has 0 aliphatic carbocycles. The predicted octanol–water partition coefficient (Wildman–Crippen LogP) is 0.197. The van der Waals surface area contributed by atoms with E-state index in [1.54, 1.807) is 7.11 Å². The van der Waals surface area contributed by atoms with Crippen LogP contribution in [0.2, 0.25) is 0 Å². The number of nitrogens with one attached hydrogen (secondary N) is 1. The van der Waals surface area contributed by atoms with E-state index in [2.05, 4.69) is 10.2 Å². The maximum Gasteiger partial charge on any atom is 0.241 e. The Balaban J connectivity index is 2.90. The predicted molar refractivity (Wildman–Crippen MR) is 54.9 cm³/mol. The third-order valence-electron chi connectivity index (χ3n) is 2.19. The molecule has 0 aliphatic rings. The van der Waals surface area contributed by atoms with Gasteiger partial charge in [0.05, 0.1) is 11.9 Å². The van der Waals surface area contributed by atoms with Gasteiger partial charge in [-0.1, -0.05) is 6.92 Å². The SMILES string of the molecule is COCCC(C)c1[nH]ncc1S(N)(=O)=O. The molecule has 0 radical (unpaired) electrons. The Labute approximate surface area is 88.9 Å². The number of H-pyrrole nitrogens is 1. The van der Waals surface area contributed by atoms with Gasteiger partial charge in [0, 0.05) is 19.6 Å². The standard InChI is InChI=1S/C8H15N3O3S/c1-6(3-4-14-2)8-7(5-10-11-8)15(9,12)13/h5-6H,3-4H2,1-2H3,(H,10,11)(H2,9,12,13). The normalized spacial score (nSPS) is 14.1. The van der Waals surface area contributed by atoms with Crippen LogP contribution in [0.15, 0.2) is 11.1 Å². The third-order valence-corrected chi connectivity index (χ3v) is 3.12. The fraction of sp³-hybridized carbons (Fsp3) is 0.625. The number of rotatable bonds is 5. The molecular formula is C8H15N3O3S. The zero-order chi connectivity index (χ0) is 11.5. The van der Waals surface area contributed by atoms with E-state index in [1.165, 1.54) is 6.20 Å². The lowest BCUT2D eigenvalue weighted by atomic mass is 10.1. The second-order valence-corrected chi connectivity index (χ2v) is 4.91. The van der Waals surface area contributed by atoms with Crippen LogP contribution in [-0.2, 0) is 14.8 Å². The van der Waals surface area contributed by atoms with Crippen molar-refractivity contribution in [2.24, 2.45) is 5.14 Å². The van der Waals surface area contributed by atoms with Gasteiger partial charge in [0.2, 0.25) is 10.0 Å². The molecule has 1 aromatic rings. The van der Waals surface area contributed by atoms with Crippen LogP contribution >= 0.6 is 0 Å². The third kappa shape index (κ3) is 3.01. The van der Waals surface area contributed by atoms with E-state index in [0.29, 0.717) is 18.7 Å². The number of nitrogens with zero attached hydrogens (tertiary/aromatic N) is 1. The highest BCUT2D eigenvalue weighted by molar-refractivity contribution is 7.89. The first-order valence-electron chi connectivity index (χ1n) is 4.51. The van der Waals surface area contributed by atoms with Crippen molar-refractivity contribution in [2.45, 2.75) is 24.2 Å². The van der Waals surface area contributed by atoms with Crippen LogP contribution < -0.4 is 5.14 Å². The molecule has 0 aliphatic heterocycles. The van der Waals surface area contributed by atoms with E-state index >= 15 is 0 Å². The molecule has 3 N–H and O–H groups in total. The minimum atomic E-state index is -3.69. The Kier molecular flexibility index (Phi) is 3.83. The zero-order valence-corrected chi connectivity index (χ0v) is 9.54. The lowest BCUT2D eigenvalue weighted by molar-refractivity contribution is 0.188. The van der Waals surface area contributed by atoms with Crippen LogP contribution in [0.3, 0.4) is 0 Å². The monoisotopic (exact) mass is 233 g/mol. The topological polar surface area (TPSA) is 98.1 Å². The van der Waals surface area contributed by atoms with Crippen LogP contribution in [0.4, 0.5) is 0 Å².